The van der Waals surface area contributed by atoms with Crippen molar-refractivity contribution in [2.75, 3.05) is 7.11 Å². The predicted octanol–water partition coefficient (Wildman–Crippen LogP) is 3.32. The molecule has 1 aliphatic rings. The van der Waals surface area contributed by atoms with Crippen molar-refractivity contribution in [2.45, 2.75) is 25.2 Å². The maximum absolute atomic E-state index is 11.3. The van der Waals surface area contributed by atoms with Gasteiger partial charge in [-0.25, -0.2) is 4.98 Å². The molecule has 0 bridgehead atoms. The van der Waals surface area contributed by atoms with Crippen molar-refractivity contribution in [3.63, 3.8) is 0 Å². The predicted molar refractivity (Wildman–Crippen MR) is 77.4 cm³/mol. The Morgan fingerprint density at radius 2 is 2.25 bits per heavy atom. The lowest BCUT2D eigenvalue weighted by Gasteiger charge is -2.16. The monoisotopic (exact) mass is 289 g/mol. The van der Waals surface area contributed by atoms with Gasteiger partial charge in [-0.3, -0.25) is 4.79 Å². The van der Waals surface area contributed by atoms with E-state index in [9.17, 15) is 9.90 Å². The lowest BCUT2D eigenvalue weighted by molar-refractivity contribution is -0.139. The number of rotatable bonds is 3. The van der Waals surface area contributed by atoms with Gasteiger partial charge in [0.15, 0.2) is 0 Å². The van der Waals surface area contributed by atoms with E-state index in [2.05, 4.69) is 4.98 Å². The van der Waals surface area contributed by atoms with Gasteiger partial charge in [0.05, 0.1) is 24.3 Å². The Balaban J connectivity index is 2.07. The maximum atomic E-state index is 11.3. The minimum absolute atomic E-state index is 0.460. The lowest BCUT2D eigenvalue weighted by Crippen LogP contribution is -2.17. The number of aliphatic carboxylic acids is 1. The van der Waals surface area contributed by atoms with E-state index in [0.29, 0.717) is 6.42 Å². The van der Waals surface area contributed by atoms with Crippen molar-refractivity contribution in [1.29, 1.82) is 0 Å². The number of hydrogen-bond acceptors (Lipinski definition) is 4. The average molecular weight is 289 g/mol. The number of para-hydroxylation sites is 1. The van der Waals surface area contributed by atoms with Gasteiger partial charge in [-0.15, -0.1) is 11.3 Å². The molecule has 0 radical (unpaired) electrons. The van der Waals surface area contributed by atoms with Gasteiger partial charge in [-0.2, -0.15) is 0 Å². The highest BCUT2D eigenvalue weighted by Gasteiger charge is 2.30. The number of carbonyl (C=O) groups is 1. The van der Waals surface area contributed by atoms with Crippen LogP contribution in [-0.2, 0) is 11.2 Å². The van der Waals surface area contributed by atoms with Crippen LogP contribution in [0.3, 0.4) is 0 Å². The second-order valence-corrected chi connectivity index (χ2v) is 5.89. The summed E-state index contributed by atoms with van der Waals surface area (Å²) < 4.78 is 5.36. The number of methoxy groups -OCH3 is 1. The van der Waals surface area contributed by atoms with Crippen LogP contribution in [0, 0.1) is 0 Å². The number of carboxylic acids is 1. The van der Waals surface area contributed by atoms with Gasteiger partial charge < -0.3 is 9.84 Å². The Morgan fingerprint density at radius 3 is 3.00 bits per heavy atom. The van der Waals surface area contributed by atoms with Crippen molar-refractivity contribution in [2.24, 2.45) is 0 Å². The molecule has 1 atom stereocenters. The molecule has 1 unspecified atom stereocenters. The summed E-state index contributed by atoms with van der Waals surface area (Å²) in [5, 5.41) is 10.2. The van der Waals surface area contributed by atoms with Crippen LogP contribution in [0.2, 0.25) is 0 Å². The van der Waals surface area contributed by atoms with Gasteiger partial charge in [0, 0.05) is 4.88 Å². The van der Waals surface area contributed by atoms with E-state index in [1.165, 1.54) is 0 Å². The zero-order chi connectivity index (χ0) is 14.1. The molecule has 1 aromatic heterocycles. The van der Waals surface area contributed by atoms with Crippen LogP contribution in [-0.4, -0.2) is 23.2 Å². The third-order valence-corrected chi connectivity index (χ3v) is 4.75. The Hall–Kier alpha value is -1.88. The highest BCUT2D eigenvalue weighted by atomic mass is 32.1. The number of aromatic nitrogens is 1. The molecule has 3 rings (SSSR count). The quantitative estimate of drug-likeness (QED) is 0.941. The third kappa shape index (κ3) is 2.18. The summed E-state index contributed by atoms with van der Waals surface area (Å²) in [4.78, 5) is 17.0. The first-order valence-corrected chi connectivity index (χ1v) is 7.38. The fourth-order valence-electron chi connectivity index (χ4n) is 2.60. The van der Waals surface area contributed by atoms with Gasteiger partial charge in [-0.1, -0.05) is 12.1 Å². The molecule has 0 aliphatic heterocycles. The molecule has 104 valence electrons. The summed E-state index contributed by atoms with van der Waals surface area (Å²) in [6.07, 6.45) is 2.51. The Bertz CT molecular complexity index is 650. The van der Waals surface area contributed by atoms with E-state index in [-0.39, 0.29) is 0 Å². The largest absolute Gasteiger partial charge is 0.496 e. The van der Waals surface area contributed by atoms with Gasteiger partial charge in [0.2, 0.25) is 0 Å². The van der Waals surface area contributed by atoms with Gasteiger partial charge in [-0.05, 0) is 31.4 Å². The summed E-state index contributed by atoms with van der Waals surface area (Å²) in [5.74, 6) is -0.466. The van der Waals surface area contributed by atoms with Gasteiger partial charge in [0.25, 0.3) is 0 Å². The number of fused-ring (bicyclic) bond motifs is 1. The molecule has 5 heteroatoms. The number of thiazole rings is 1. The molecule has 20 heavy (non-hydrogen) atoms. The molecule has 0 saturated heterocycles. The van der Waals surface area contributed by atoms with Gasteiger partial charge >= 0.3 is 5.97 Å². The molecule has 1 heterocycles. The van der Waals surface area contributed by atoms with Crippen LogP contribution in [0.4, 0.5) is 0 Å². The van der Waals surface area contributed by atoms with E-state index in [1.807, 2.05) is 24.3 Å². The molecular weight excluding hydrogens is 274 g/mol. The number of nitrogens with zero attached hydrogens (tertiary/aromatic N) is 1. The van der Waals surface area contributed by atoms with Crippen molar-refractivity contribution in [3.8, 4) is 16.3 Å². The van der Waals surface area contributed by atoms with Crippen LogP contribution >= 0.6 is 11.3 Å². The van der Waals surface area contributed by atoms with E-state index >= 15 is 0 Å². The Labute approximate surface area is 121 Å². The number of carboxylic acid groups (broad SMARTS) is 1. The normalized spacial score (nSPS) is 17.6. The molecule has 2 aromatic rings. The minimum atomic E-state index is -0.775. The molecular formula is C15H15NO3S. The highest BCUT2D eigenvalue weighted by molar-refractivity contribution is 7.15. The van der Waals surface area contributed by atoms with Crippen LogP contribution < -0.4 is 4.74 Å². The van der Waals surface area contributed by atoms with Crippen molar-refractivity contribution < 1.29 is 14.6 Å². The molecule has 1 aromatic carbocycles. The molecule has 1 N–H and O–H groups in total. The SMILES string of the molecule is COc1ccccc1-c1nc2c(s1)CCCC2C(=O)O. The fraction of sp³-hybridized carbons (Fsp3) is 0.333. The Kier molecular flexibility index (Phi) is 3.44. The minimum Gasteiger partial charge on any atom is -0.496 e. The van der Waals surface area contributed by atoms with Crippen molar-refractivity contribution >= 4 is 17.3 Å². The summed E-state index contributed by atoms with van der Waals surface area (Å²) in [5.41, 5.74) is 1.67. The molecule has 0 fully saturated rings. The molecule has 0 amide bonds. The number of aryl methyl sites for hydroxylation is 1. The second kappa shape index (κ2) is 5.25. The topological polar surface area (TPSA) is 59.4 Å². The Morgan fingerprint density at radius 1 is 1.45 bits per heavy atom. The fourth-order valence-corrected chi connectivity index (χ4v) is 3.79. The molecule has 4 nitrogen and oxygen atoms in total. The van der Waals surface area contributed by atoms with E-state index < -0.39 is 11.9 Å². The average Bonchev–Trinajstić information content (AvgIpc) is 2.90. The zero-order valence-corrected chi connectivity index (χ0v) is 11.9. The van der Waals surface area contributed by atoms with Crippen molar-refractivity contribution in [3.05, 3.63) is 34.8 Å². The third-order valence-electron chi connectivity index (χ3n) is 3.59. The van der Waals surface area contributed by atoms with Crippen LogP contribution in [0.5, 0.6) is 5.75 Å². The zero-order valence-electron chi connectivity index (χ0n) is 11.1. The van der Waals surface area contributed by atoms with E-state index in [0.717, 1.165) is 39.7 Å². The van der Waals surface area contributed by atoms with Gasteiger partial charge in [0.1, 0.15) is 10.8 Å². The van der Waals surface area contributed by atoms with Crippen LogP contribution in [0.25, 0.3) is 10.6 Å². The summed E-state index contributed by atoms with van der Waals surface area (Å²) >= 11 is 1.58. The summed E-state index contributed by atoms with van der Waals surface area (Å²) in [6, 6.07) is 7.70. The first-order chi connectivity index (χ1) is 9.70. The van der Waals surface area contributed by atoms with Crippen molar-refractivity contribution in [1.82, 2.24) is 4.98 Å². The molecule has 0 saturated carbocycles. The maximum Gasteiger partial charge on any atom is 0.312 e. The number of benzene rings is 1. The van der Waals surface area contributed by atoms with E-state index in [4.69, 9.17) is 4.74 Å². The van der Waals surface area contributed by atoms with Crippen LogP contribution in [0.1, 0.15) is 29.3 Å². The standard InChI is InChI=1S/C15H15NO3S/c1-19-11-7-3-2-5-9(11)14-16-13-10(15(17)18)6-4-8-12(13)20-14/h2-3,5,7,10H,4,6,8H2,1H3,(H,17,18). The summed E-state index contributed by atoms with van der Waals surface area (Å²) in [7, 11) is 1.63. The smallest absolute Gasteiger partial charge is 0.312 e. The van der Waals surface area contributed by atoms with E-state index in [1.54, 1.807) is 18.4 Å². The highest BCUT2D eigenvalue weighted by Crippen LogP contribution is 2.40. The molecule has 1 aliphatic carbocycles. The van der Waals surface area contributed by atoms with Crippen LogP contribution in [0.15, 0.2) is 24.3 Å². The first kappa shape index (κ1) is 13.1. The first-order valence-electron chi connectivity index (χ1n) is 6.56. The summed E-state index contributed by atoms with van der Waals surface area (Å²) in [6.45, 7) is 0. The number of hydrogen-bond donors (Lipinski definition) is 1. The lowest BCUT2D eigenvalue weighted by atomic mass is 9.91. The number of ether oxygens (including phenoxy) is 1. The second-order valence-electron chi connectivity index (χ2n) is 4.81. The molecule has 0 spiro atoms.